The number of carbonyl (C=O) groups excluding carboxylic acids is 1. The van der Waals surface area contributed by atoms with E-state index in [0.29, 0.717) is 11.9 Å². The summed E-state index contributed by atoms with van der Waals surface area (Å²) in [7, 11) is 2.08. The van der Waals surface area contributed by atoms with E-state index in [1.807, 2.05) is 0 Å². The normalized spacial score (nSPS) is 26.5. The Balaban J connectivity index is 1.82. The van der Waals surface area contributed by atoms with Gasteiger partial charge in [0.15, 0.2) is 0 Å². The van der Waals surface area contributed by atoms with E-state index in [4.69, 9.17) is 0 Å². The molecule has 2 rings (SSSR count). The fourth-order valence-electron chi connectivity index (χ4n) is 3.16. The van der Waals surface area contributed by atoms with Crippen LogP contribution in [0.15, 0.2) is 0 Å². The second-order valence-electron chi connectivity index (χ2n) is 6.15. The number of rotatable bonds is 4. The van der Waals surface area contributed by atoms with Crippen LogP contribution >= 0.6 is 0 Å². The van der Waals surface area contributed by atoms with Gasteiger partial charge in [0, 0.05) is 25.7 Å². The van der Waals surface area contributed by atoms with Crippen LogP contribution in [0.2, 0.25) is 0 Å². The van der Waals surface area contributed by atoms with E-state index in [2.05, 4.69) is 29.1 Å². The molecule has 2 saturated heterocycles. The zero-order valence-electron chi connectivity index (χ0n) is 12.5. The van der Waals surface area contributed by atoms with Crippen molar-refractivity contribution in [1.29, 1.82) is 0 Å². The first-order valence-electron chi connectivity index (χ1n) is 7.91. The van der Waals surface area contributed by atoms with Crippen LogP contribution < -0.4 is 5.32 Å². The number of nitrogens with one attached hydrogen (secondary N) is 1. The van der Waals surface area contributed by atoms with Crippen LogP contribution in [0.25, 0.3) is 0 Å². The molecule has 110 valence electrons. The summed E-state index contributed by atoms with van der Waals surface area (Å²) in [6.07, 6.45) is 7.42. The first-order chi connectivity index (χ1) is 9.18. The second-order valence-corrected chi connectivity index (χ2v) is 6.15. The molecule has 0 aromatic carbocycles. The van der Waals surface area contributed by atoms with Crippen LogP contribution in [0.3, 0.4) is 0 Å². The Hall–Kier alpha value is -0.610. The zero-order chi connectivity index (χ0) is 13.7. The molecule has 4 heteroatoms. The highest BCUT2D eigenvalue weighted by atomic mass is 16.2. The molecule has 2 fully saturated rings. The van der Waals surface area contributed by atoms with Crippen molar-refractivity contribution in [2.75, 3.05) is 33.2 Å². The van der Waals surface area contributed by atoms with Gasteiger partial charge in [-0.1, -0.05) is 12.8 Å². The summed E-state index contributed by atoms with van der Waals surface area (Å²) in [4.78, 5) is 16.8. The van der Waals surface area contributed by atoms with Crippen LogP contribution in [0.1, 0.15) is 45.4 Å². The van der Waals surface area contributed by atoms with Gasteiger partial charge in [-0.15, -0.1) is 0 Å². The van der Waals surface area contributed by atoms with Gasteiger partial charge in [0.2, 0.25) is 5.91 Å². The summed E-state index contributed by atoms with van der Waals surface area (Å²) in [5.74, 6) is 0.322. The van der Waals surface area contributed by atoms with Gasteiger partial charge < -0.3 is 10.2 Å². The molecule has 2 aliphatic heterocycles. The highest BCUT2D eigenvalue weighted by Gasteiger charge is 2.26. The molecule has 2 atom stereocenters. The molecule has 0 aromatic rings. The van der Waals surface area contributed by atoms with Crippen molar-refractivity contribution in [3.05, 3.63) is 0 Å². The average Bonchev–Trinajstić information content (AvgIpc) is 2.77. The monoisotopic (exact) mass is 267 g/mol. The van der Waals surface area contributed by atoms with Crippen molar-refractivity contribution in [3.8, 4) is 0 Å². The molecule has 0 radical (unpaired) electrons. The zero-order valence-corrected chi connectivity index (χ0v) is 12.5. The number of likely N-dealkylation sites (tertiary alicyclic amines) is 1. The fourth-order valence-corrected chi connectivity index (χ4v) is 3.16. The number of likely N-dealkylation sites (N-methyl/N-ethyl adjacent to an activating group) is 1. The van der Waals surface area contributed by atoms with E-state index in [1.165, 1.54) is 38.5 Å². The highest BCUT2D eigenvalue weighted by Crippen LogP contribution is 2.13. The molecular formula is C15H29N3O. The van der Waals surface area contributed by atoms with Crippen molar-refractivity contribution in [2.24, 2.45) is 0 Å². The number of amides is 1. The number of hydrogen-bond donors (Lipinski definition) is 1. The average molecular weight is 267 g/mol. The molecule has 19 heavy (non-hydrogen) atoms. The molecule has 0 aromatic heterocycles. The molecule has 2 unspecified atom stereocenters. The van der Waals surface area contributed by atoms with E-state index in [-0.39, 0.29) is 6.04 Å². The predicted octanol–water partition coefficient (Wildman–Crippen LogP) is 1.46. The lowest BCUT2D eigenvalue weighted by Gasteiger charge is -2.31. The van der Waals surface area contributed by atoms with E-state index in [9.17, 15) is 4.79 Å². The Morgan fingerprint density at radius 3 is 2.53 bits per heavy atom. The summed E-state index contributed by atoms with van der Waals surface area (Å²) < 4.78 is 0. The molecule has 1 N–H and O–H groups in total. The number of carbonyl (C=O) groups is 1. The molecular weight excluding hydrogens is 238 g/mol. The molecule has 4 nitrogen and oxygen atoms in total. The molecule has 2 aliphatic rings. The topological polar surface area (TPSA) is 35.6 Å². The predicted molar refractivity (Wildman–Crippen MR) is 78.2 cm³/mol. The van der Waals surface area contributed by atoms with Crippen molar-refractivity contribution >= 4 is 5.91 Å². The Morgan fingerprint density at radius 2 is 1.95 bits per heavy atom. The fraction of sp³-hybridized carbons (Fsp3) is 0.933. The summed E-state index contributed by atoms with van der Waals surface area (Å²) in [5, 5.41) is 3.50. The summed E-state index contributed by atoms with van der Waals surface area (Å²) in [5.41, 5.74) is 0. The van der Waals surface area contributed by atoms with E-state index in [1.54, 1.807) is 0 Å². The Labute approximate surface area is 117 Å². The van der Waals surface area contributed by atoms with Gasteiger partial charge in [0.25, 0.3) is 0 Å². The maximum atomic E-state index is 12.5. The first-order valence-corrected chi connectivity index (χ1v) is 7.91. The van der Waals surface area contributed by atoms with Crippen molar-refractivity contribution in [3.63, 3.8) is 0 Å². The Kier molecular flexibility index (Phi) is 5.64. The number of hydrogen-bond acceptors (Lipinski definition) is 3. The SMILES string of the molecule is CC(C(=O)N1CCCCCC1)N(C)CC1CCCN1. The second kappa shape index (κ2) is 7.25. The maximum absolute atomic E-state index is 12.5. The van der Waals surface area contributed by atoms with Crippen molar-refractivity contribution in [1.82, 2.24) is 15.1 Å². The van der Waals surface area contributed by atoms with Crippen LogP contribution in [0.4, 0.5) is 0 Å². The van der Waals surface area contributed by atoms with E-state index < -0.39 is 0 Å². The van der Waals surface area contributed by atoms with Gasteiger partial charge in [0.1, 0.15) is 0 Å². The van der Waals surface area contributed by atoms with Crippen LogP contribution in [-0.4, -0.2) is 61.0 Å². The lowest BCUT2D eigenvalue weighted by atomic mass is 10.2. The lowest BCUT2D eigenvalue weighted by molar-refractivity contribution is -0.136. The Bertz CT molecular complexity index is 281. The molecule has 0 spiro atoms. The van der Waals surface area contributed by atoms with Gasteiger partial charge in [-0.05, 0) is 46.2 Å². The highest BCUT2D eigenvalue weighted by molar-refractivity contribution is 5.81. The standard InChI is InChI=1S/C15H29N3O/c1-13(17(2)12-14-8-7-9-16-14)15(19)18-10-5-3-4-6-11-18/h13-14,16H,3-12H2,1-2H3. The summed E-state index contributed by atoms with van der Waals surface area (Å²) in [6, 6.07) is 0.588. The van der Waals surface area contributed by atoms with Crippen LogP contribution in [-0.2, 0) is 4.79 Å². The molecule has 0 saturated carbocycles. The van der Waals surface area contributed by atoms with Crippen LogP contribution in [0.5, 0.6) is 0 Å². The minimum atomic E-state index is 0.0144. The molecule has 1 amide bonds. The van der Waals surface area contributed by atoms with Gasteiger partial charge >= 0.3 is 0 Å². The van der Waals surface area contributed by atoms with Gasteiger partial charge in [0.05, 0.1) is 6.04 Å². The molecule has 0 bridgehead atoms. The quantitative estimate of drug-likeness (QED) is 0.837. The Morgan fingerprint density at radius 1 is 1.26 bits per heavy atom. The van der Waals surface area contributed by atoms with Crippen molar-refractivity contribution < 1.29 is 4.79 Å². The summed E-state index contributed by atoms with van der Waals surface area (Å²) >= 11 is 0. The third kappa shape index (κ3) is 4.18. The third-order valence-corrected chi connectivity index (χ3v) is 4.61. The minimum absolute atomic E-state index is 0.0144. The third-order valence-electron chi connectivity index (χ3n) is 4.61. The number of nitrogens with zero attached hydrogens (tertiary/aromatic N) is 2. The summed E-state index contributed by atoms with van der Waals surface area (Å²) in [6.45, 7) is 6.09. The van der Waals surface area contributed by atoms with Crippen molar-refractivity contribution in [2.45, 2.75) is 57.5 Å². The maximum Gasteiger partial charge on any atom is 0.239 e. The molecule has 2 heterocycles. The van der Waals surface area contributed by atoms with Gasteiger partial charge in [-0.2, -0.15) is 0 Å². The van der Waals surface area contributed by atoms with Crippen LogP contribution in [0, 0.1) is 0 Å². The lowest BCUT2D eigenvalue weighted by Crippen LogP contribution is -2.49. The van der Waals surface area contributed by atoms with Gasteiger partial charge in [-0.3, -0.25) is 9.69 Å². The largest absolute Gasteiger partial charge is 0.341 e. The molecule has 0 aliphatic carbocycles. The van der Waals surface area contributed by atoms with E-state index in [0.717, 1.165) is 26.2 Å². The van der Waals surface area contributed by atoms with Gasteiger partial charge in [-0.25, -0.2) is 0 Å². The smallest absolute Gasteiger partial charge is 0.239 e. The minimum Gasteiger partial charge on any atom is -0.341 e. The first kappa shape index (κ1) is 14.8. The van der Waals surface area contributed by atoms with E-state index >= 15 is 0 Å².